The average molecular weight is 298 g/mol. The normalized spacial score (nSPS) is 37.3. The van der Waals surface area contributed by atoms with Crippen molar-refractivity contribution in [1.29, 1.82) is 0 Å². The summed E-state index contributed by atoms with van der Waals surface area (Å²) >= 11 is 0. The number of hydrogen-bond donors (Lipinski definition) is 0. The molecular formula is C16H18N4O2-2. The minimum Gasteiger partial charge on any atom is -0.851 e. The van der Waals surface area contributed by atoms with E-state index in [1.165, 1.54) is 0 Å². The van der Waals surface area contributed by atoms with Crippen LogP contribution in [0.2, 0.25) is 0 Å². The fourth-order valence-electron chi connectivity index (χ4n) is 2.58. The van der Waals surface area contributed by atoms with Crippen molar-refractivity contribution in [3.8, 4) is 0 Å². The fourth-order valence-corrected chi connectivity index (χ4v) is 2.58. The second-order valence-electron chi connectivity index (χ2n) is 5.72. The summed E-state index contributed by atoms with van der Waals surface area (Å²) in [5.41, 5.74) is 1.35. The van der Waals surface area contributed by atoms with Gasteiger partial charge >= 0.3 is 0 Å². The van der Waals surface area contributed by atoms with E-state index >= 15 is 0 Å². The molecule has 1 fully saturated rings. The fraction of sp³-hybridized carbons (Fsp3) is 0.375. The van der Waals surface area contributed by atoms with Gasteiger partial charge in [-0.05, 0) is 24.0 Å². The van der Waals surface area contributed by atoms with Gasteiger partial charge in [-0.25, -0.2) is 9.98 Å². The lowest BCUT2D eigenvalue weighted by Gasteiger charge is -2.59. The number of aliphatic imine (C=N–C) groups is 2. The highest BCUT2D eigenvalue weighted by molar-refractivity contribution is 5.61. The van der Waals surface area contributed by atoms with Crippen molar-refractivity contribution in [2.24, 2.45) is 21.8 Å². The molecule has 1 aliphatic carbocycles. The molecule has 0 bridgehead atoms. The summed E-state index contributed by atoms with van der Waals surface area (Å²) in [6, 6.07) is 0. The molecule has 0 spiro atoms. The van der Waals surface area contributed by atoms with E-state index in [0.717, 1.165) is 0 Å². The molecule has 0 aromatic heterocycles. The summed E-state index contributed by atoms with van der Waals surface area (Å²) in [5, 5.41) is 24.5. The Kier molecular flexibility index (Phi) is 3.96. The molecule has 0 radical (unpaired) electrons. The molecule has 0 aromatic rings. The van der Waals surface area contributed by atoms with Crippen LogP contribution in [0.1, 0.15) is 0 Å². The Morgan fingerprint density at radius 1 is 0.864 bits per heavy atom. The largest absolute Gasteiger partial charge is 0.851 e. The first kappa shape index (κ1) is 14.7. The number of allylic oxidation sites excluding steroid dienone is 2. The highest BCUT2D eigenvalue weighted by atomic mass is 16.3. The molecule has 3 aliphatic rings. The van der Waals surface area contributed by atoms with Gasteiger partial charge in [0.2, 0.25) is 0 Å². The molecule has 116 valence electrons. The maximum atomic E-state index is 12.3. The Morgan fingerprint density at radius 3 is 1.59 bits per heavy atom. The first-order chi connectivity index (χ1) is 10.5. The van der Waals surface area contributed by atoms with Gasteiger partial charge in [-0.3, -0.25) is 0 Å². The van der Waals surface area contributed by atoms with Crippen LogP contribution >= 0.6 is 0 Å². The molecule has 22 heavy (non-hydrogen) atoms. The summed E-state index contributed by atoms with van der Waals surface area (Å²) in [5.74, 6) is -1.05. The van der Waals surface area contributed by atoms with Gasteiger partial charge in [0.15, 0.2) is 0 Å². The van der Waals surface area contributed by atoms with Gasteiger partial charge in [0.05, 0.1) is 24.1 Å². The smallest absolute Gasteiger partial charge is 0.0949 e. The predicted octanol–water partition coefficient (Wildman–Crippen LogP) is -0.567. The van der Waals surface area contributed by atoms with Gasteiger partial charge in [-0.1, -0.05) is 12.2 Å². The Balaban J connectivity index is 1.67. The molecule has 1 saturated carbocycles. The van der Waals surface area contributed by atoms with Crippen LogP contribution in [-0.4, -0.2) is 48.8 Å². The number of nitrogens with zero attached hydrogens (tertiary/aromatic N) is 4. The van der Waals surface area contributed by atoms with Crippen molar-refractivity contribution < 1.29 is 10.2 Å². The summed E-state index contributed by atoms with van der Waals surface area (Å²) in [6.45, 7) is 0. The van der Waals surface area contributed by atoms with Gasteiger partial charge in [0, 0.05) is 26.5 Å². The topological polar surface area (TPSA) is 77.3 Å². The van der Waals surface area contributed by atoms with Crippen molar-refractivity contribution in [3.05, 3.63) is 48.1 Å². The highest BCUT2D eigenvalue weighted by Crippen LogP contribution is 2.35. The average Bonchev–Trinajstić information content (AvgIpc) is 2.53. The summed E-state index contributed by atoms with van der Waals surface area (Å²) < 4.78 is 0. The molecule has 6 heteroatoms. The second kappa shape index (κ2) is 5.90. The maximum absolute atomic E-state index is 12.3. The highest BCUT2D eigenvalue weighted by Gasteiger charge is 2.34. The number of rotatable bonds is 2. The Bertz CT molecular complexity index is 524. The molecule has 6 nitrogen and oxygen atoms in total. The van der Waals surface area contributed by atoms with Gasteiger partial charge in [-0.2, -0.15) is 0 Å². The molecule has 0 aromatic carbocycles. The molecule has 0 saturated heterocycles. The van der Waals surface area contributed by atoms with Crippen LogP contribution in [0.5, 0.6) is 0 Å². The summed E-state index contributed by atoms with van der Waals surface area (Å²) in [4.78, 5) is 12.0. The lowest BCUT2D eigenvalue weighted by Crippen LogP contribution is -2.65. The van der Waals surface area contributed by atoms with E-state index in [1.54, 1.807) is 46.8 Å². The van der Waals surface area contributed by atoms with E-state index in [1.807, 2.05) is 26.5 Å². The third-order valence-corrected chi connectivity index (χ3v) is 3.98. The van der Waals surface area contributed by atoms with Crippen LogP contribution in [0.4, 0.5) is 0 Å². The van der Waals surface area contributed by atoms with E-state index in [-0.39, 0.29) is 0 Å². The molecule has 2 heterocycles. The van der Waals surface area contributed by atoms with Crippen LogP contribution in [0, 0.1) is 11.8 Å². The second-order valence-corrected chi connectivity index (χ2v) is 5.72. The van der Waals surface area contributed by atoms with Crippen molar-refractivity contribution in [2.45, 2.75) is 12.2 Å². The minimum absolute atomic E-state index is 0.527. The Hall–Kier alpha value is -2.18. The number of hydrogen-bond acceptors (Lipinski definition) is 6. The van der Waals surface area contributed by atoms with Crippen LogP contribution in [-0.2, 0) is 0 Å². The van der Waals surface area contributed by atoms with E-state index in [2.05, 4.69) is 9.98 Å². The van der Waals surface area contributed by atoms with Crippen LogP contribution in [0.25, 0.3) is 0 Å². The molecular weight excluding hydrogens is 280 g/mol. The Labute approximate surface area is 129 Å². The lowest BCUT2D eigenvalue weighted by molar-refractivity contribution is -0.550. The van der Waals surface area contributed by atoms with E-state index in [4.69, 9.17) is 0 Å². The SMILES string of the molecule is CN1C=C/C(=C/C2C([O-])C(/C=C3/C=CN(C)C=N3)C2[O-])N=C1. The molecule has 0 amide bonds. The first-order valence-corrected chi connectivity index (χ1v) is 7.18. The van der Waals surface area contributed by atoms with Gasteiger partial charge < -0.3 is 20.0 Å². The molecule has 0 atom stereocenters. The minimum atomic E-state index is -0.936. The zero-order valence-corrected chi connectivity index (χ0v) is 12.5. The van der Waals surface area contributed by atoms with Gasteiger partial charge in [0.1, 0.15) is 0 Å². The zero-order valence-electron chi connectivity index (χ0n) is 12.5. The van der Waals surface area contributed by atoms with E-state index < -0.39 is 24.0 Å². The molecule has 0 unspecified atom stereocenters. The predicted molar refractivity (Wildman–Crippen MR) is 81.5 cm³/mol. The standard InChI is InChI=1S/C16H18N4O2/c1-19-5-3-11(17-9-19)7-13-15(21)14(16(13)22)8-12-4-6-20(2)10-18-12/h3-10,13-16H,1-2H3/q-2/b11-7-,12-8-. The zero-order chi connectivity index (χ0) is 15.7. The Morgan fingerprint density at radius 2 is 1.27 bits per heavy atom. The third kappa shape index (κ3) is 2.88. The quantitative estimate of drug-likeness (QED) is 0.684. The van der Waals surface area contributed by atoms with Crippen LogP contribution in [0.15, 0.2) is 58.1 Å². The van der Waals surface area contributed by atoms with Crippen molar-refractivity contribution >= 4 is 12.7 Å². The monoisotopic (exact) mass is 298 g/mol. The molecule has 3 rings (SSSR count). The van der Waals surface area contributed by atoms with Gasteiger partial charge in [-0.15, -0.1) is 12.2 Å². The van der Waals surface area contributed by atoms with Crippen molar-refractivity contribution in [3.63, 3.8) is 0 Å². The third-order valence-electron chi connectivity index (χ3n) is 3.98. The van der Waals surface area contributed by atoms with Crippen LogP contribution < -0.4 is 10.2 Å². The van der Waals surface area contributed by atoms with Crippen LogP contribution in [0.3, 0.4) is 0 Å². The first-order valence-electron chi connectivity index (χ1n) is 7.18. The molecule has 2 aliphatic heterocycles. The maximum Gasteiger partial charge on any atom is 0.0949 e. The van der Waals surface area contributed by atoms with E-state index in [0.29, 0.717) is 11.4 Å². The van der Waals surface area contributed by atoms with Crippen molar-refractivity contribution in [2.75, 3.05) is 14.1 Å². The summed E-state index contributed by atoms with van der Waals surface area (Å²) in [7, 11) is 3.73. The molecule has 0 N–H and O–H groups in total. The van der Waals surface area contributed by atoms with Crippen molar-refractivity contribution in [1.82, 2.24) is 9.80 Å². The van der Waals surface area contributed by atoms with Gasteiger partial charge in [0.25, 0.3) is 0 Å². The van der Waals surface area contributed by atoms with E-state index in [9.17, 15) is 10.2 Å². The summed E-state index contributed by atoms with van der Waals surface area (Å²) in [6.07, 6.45) is 12.1. The lowest BCUT2D eigenvalue weighted by atomic mass is 9.68.